The van der Waals surface area contributed by atoms with Gasteiger partial charge < -0.3 is 10.1 Å². The zero-order valence-electron chi connectivity index (χ0n) is 17.3. The topological polar surface area (TPSA) is 69.0 Å². The van der Waals surface area contributed by atoms with Crippen LogP contribution in [0.25, 0.3) is 0 Å². The van der Waals surface area contributed by atoms with E-state index in [0.717, 1.165) is 16.9 Å². The summed E-state index contributed by atoms with van der Waals surface area (Å²) < 4.78 is 7.87. The number of aromatic nitrogens is 3. The Kier molecular flexibility index (Phi) is 7.68. The zero-order chi connectivity index (χ0) is 21.3. The highest BCUT2D eigenvalue weighted by atomic mass is 32.2. The molecule has 30 heavy (non-hydrogen) atoms. The molecule has 0 aliphatic heterocycles. The minimum absolute atomic E-state index is 0.0508. The van der Waals surface area contributed by atoms with Gasteiger partial charge in [0.05, 0.1) is 5.75 Å². The molecule has 0 bridgehead atoms. The van der Waals surface area contributed by atoms with Crippen LogP contribution in [0.15, 0.2) is 66.3 Å². The Bertz CT molecular complexity index is 1000. The second kappa shape index (κ2) is 10.6. The minimum atomic E-state index is -0.0508. The van der Waals surface area contributed by atoms with Crippen LogP contribution in [0.3, 0.4) is 0 Å². The highest BCUT2D eigenvalue weighted by molar-refractivity contribution is 7.99. The van der Waals surface area contributed by atoms with Crippen LogP contribution in [-0.2, 0) is 24.5 Å². The fourth-order valence-corrected chi connectivity index (χ4v) is 3.72. The third kappa shape index (κ3) is 5.97. The van der Waals surface area contributed by atoms with Gasteiger partial charge in [-0.25, -0.2) is 0 Å². The average Bonchev–Trinajstić information content (AvgIpc) is 3.13. The molecule has 0 aliphatic rings. The van der Waals surface area contributed by atoms with E-state index in [-0.39, 0.29) is 11.7 Å². The average molecular weight is 423 g/mol. The maximum Gasteiger partial charge on any atom is 0.230 e. The molecule has 0 spiro atoms. The summed E-state index contributed by atoms with van der Waals surface area (Å²) in [6.07, 6.45) is 1.78. The number of thioether (sulfide) groups is 1. The predicted octanol–water partition coefficient (Wildman–Crippen LogP) is 4.07. The van der Waals surface area contributed by atoms with E-state index in [4.69, 9.17) is 4.74 Å². The molecule has 3 rings (SSSR count). The highest BCUT2D eigenvalue weighted by Gasteiger charge is 2.14. The molecule has 156 valence electrons. The monoisotopic (exact) mass is 422 g/mol. The number of ether oxygens (including phenoxy) is 1. The van der Waals surface area contributed by atoms with Crippen molar-refractivity contribution < 1.29 is 9.53 Å². The van der Waals surface area contributed by atoms with Gasteiger partial charge in [0, 0.05) is 13.1 Å². The third-order valence-corrected chi connectivity index (χ3v) is 5.42. The molecule has 0 saturated heterocycles. The van der Waals surface area contributed by atoms with Crippen molar-refractivity contribution in [1.82, 2.24) is 20.1 Å². The van der Waals surface area contributed by atoms with Gasteiger partial charge in [-0.2, -0.15) is 0 Å². The highest BCUT2D eigenvalue weighted by Crippen LogP contribution is 2.21. The summed E-state index contributed by atoms with van der Waals surface area (Å²) >= 11 is 1.35. The largest absolute Gasteiger partial charge is 0.485 e. The maximum atomic E-state index is 12.2. The lowest BCUT2D eigenvalue weighted by Crippen LogP contribution is -2.24. The molecule has 3 aromatic rings. The van der Waals surface area contributed by atoms with Crippen LogP contribution >= 0.6 is 11.8 Å². The molecule has 0 aliphatic carbocycles. The lowest BCUT2D eigenvalue weighted by molar-refractivity contribution is -0.118. The lowest BCUT2D eigenvalue weighted by Gasteiger charge is -2.11. The Hall–Kier alpha value is -3.06. The SMILES string of the molecule is C=CCn1c(COc2ccc(C)cc2C)nnc1SCC(=O)NCc1ccccc1. The number of carbonyl (C=O) groups is 1. The summed E-state index contributed by atoms with van der Waals surface area (Å²) in [5.74, 6) is 1.73. The fourth-order valence-electron chi connectivity index (χ4n) is 2.93. The quantitative estimate of drug-likeness (QED) is 0.394. The van der Waals surface area contributed by atoms with Gasteiger partial charge in [-0.1, -0.05) is 65.9 Å². The van der Waals surface area contributed by atoms with E-state index in [1.54, 1.807) is 6.08 Å². The molecule has 0 saturated carbocycles. The molecule has 0 fully saturated rings. The van der Waals surface area contributed by atoms with E-state index in [2.05, 4.69) is 35.1 Å². The number of amides is 1. The Labute approximate surface area is 181 Å². The summed E-state index contributed by atoms with van der Waals surface area (Å²) in [5, 5.41) is 12.1. The fraction of sp³-hybridized carbons (Fsp3) is 0.261. The van der Waals surface area contributed by atoms with Crippen molar-refractivity contribution >= 4 is 17.7 Å². The summed E-state index contributed by atoms with van der Waals surface area (Å²) in [4.78, 5) is 12.2. The van der Waals surface area contributed by atoms with Gasteiger partial charge in [0.2, 0.25) is 5.91 Å². The van der Waals surface area contributed by atoms with E-state index < -0.39 is 0 Å². The van der Waals surface area contributed by atoms with Crippen LogP contribution in [0.4, 0.5) is 0 Å². The smallest absolute Gasteiger partial charge is 0.230 e. The van der Waals surface area contributed by atoms with Crippen molar-refractivity contribution in [3.05, 3.63) is 83.7 Å². The molecule has 0 atom stereocenters. The standard InChI is InChI=1S/C23H26N4O2S/c1-4-12-27-21(15-29-20-11-10-17(2)13-18(20)3)25-26-23(27)30-16-22(28)24-14-19-8-6-5-7-9-19/h4-11,13H,1,12,14-16H2,2-3H3,(H,24,28). The van der Waals surface area contributed by atoms with E-state index in [1.807, 2.05) is 54.0 Å². The molecular formula is C23H26N4O2S. The summed E-state index contributed by atoms with van der Waals surface area (Å²) in [7, 11) is 0. The summed E-state index contributed by atoms with van der Waals surface area (Å²) in [6.45, 7) is 9.24. The molecule has 6 nitrogen and oxygen atoms in total. The first-order chi connectivity index (χ1) is 14.6. The zero-order valence-corrected chi connectivity index (χ0v) is 18.1. The first kappa shape index (κ1) is 21.6. The number of hydrogen-bond acceptors (Lipinski definition) is 5. The van der Waals surface area contributed by atoms with E-state index >= 15 is 0 Å². The Balaban J connectivity index is 1.58. The van der Waals surface area contributed by atoms with Gasteiger partial charge in [0.15, 0.2) is 11.0 Å². The summed E-state index contributed by atoms with van der Waals surface area (Å²) in [6, 6.07) is 15.9. The van der Waals surface area contributed by atoms with Crippen LogP contribution in [0.2, 0.25) is 0 Å². The van der Waals surface area contributed by atoms with Crippen molar-refractivity contribution in [3.63, 3.8) is 0 Å². The number of nitrogens with one attached hydrogen (secondary N) is 1. The van der Waals surface area contributed by atoms with Gasteiger partial charge in [0.1, 0.15) is 12.4 Å². The Morgan fingerprint density at radius 3 is 2.73 bits per heavy atom. The van der Waals surface area contributed by atoms with Crippen molar-refractivity contribution in [2.24, 2.45) is 0 Å². The van der Waals surface area contributed by atoms with E-state index in [0.29, 0.717) is 30.7 Å². The molecule has 0 radical (unpaired) electrons. The molecule has 7 heteroatoms. The van der Waals surface area contributed by atoms with Gasteiger partial charge in [-0.05, 0) is 31.0 Å². The first-order valence-electron chi connectivity index (χ1n) is 9.73. The van der Waals surface area contributed by atoms with Gasteiger partial charge in [0.25, 0.3) is 0 Å². The number of carbonyl (C=O) groups excluding carboxylic acids is 1. The molecular weight excluding hydrogens is 396 g/mol. The van der Waals surface area contributed by atoms with E-state index in [1.165, 1.54) is 17.3 Å². The van der Waals surface area contributed by atoms with Crippen LogP contribution in [0, 0.1) is 13.8 Å². The van der Waals surface area contributed by atoms with Crippen molar-refractivity contribution in [2.45, 2.75) is 38.7 Å². The number of allylic oxidation sites excluding steroid dienone is 1. The van der Waals surface area contributed by atoms with Gasteiger partial charge >= 0.3 is 0 Å². The molecule has 1 N–H and O–H groups in total. The van der Waals surface area contributed by atoms with Crippen LogP contribution in [0.5, 0.6) is 5.75 Å². The number of rotatable bonds is 10. The minimum Gasteiger partial charge on any atom is -0.485 e. The number of hydrogen-bond donors (Lipinski definition) is 1. The molecule has 2 aromatic carbocycles. The van der Waals surface area contributed by atoms with Gasteiger partial charge in [-0.15, -0.1) is 16.8 Å². The Morgan fingerprint density at radius 1 is 1.20 bits per heavy atom. The van der Waals surface area contributed by atoms with Crippen molar-refractivity contribution in [2.75, 3.05) is 5.75 Å². The molecule has 0 unspecified atom stereocenters. The molecule has 1 amide bonds. The normalized spacial score (nSPS) is 10.6. The second-order valence-corrected chi connectivity index (χ2v) is 7.85. The first-order valence-corrected chi connectivity index (χ1v) is 10.7. The van der Waals surface area contributed by atoms with E-state index in [9.17, 15) is 4.79 Å². The number of aryl methyl sites for hydroxylation is 2. The number of benzene rings is 2. The second-order valence-electron chi connectivity index (χ2n) is 6.91. The summed E-state index contributed by atoms with van der Waals surface area (Å²) in [5.41, 5.74) is 3.34. The maximum absolute atomic E-state index is 12.2. The molecule has 1 heterocycles. The van der Waals surface area contributed by atoms with Gasteiger partial charge in [-0.3, -0.25) is 9.36 Å². The van der Waals surface area contributed by atoms with Crippen LogP contribution < -0.4 is 10.1 Å². The Morgan fingerprint density at radius 2 is 2.00 bits per heavy atom. The molecule has 1 aromatic heterocycles. The lowest BCUT2D eigenvalue weighted by atomic mass is 10.1. The third-order valence-electron chi connectivity index (χ3n) is 4.46. The van der Waals surface area contributed by atoms with Crippen molar-refractivity contribution in [1.29, 1.82) is 0 Å². The van der Waals surface area contributed by atoms with Crippen LogP contribution in [-0.4, -0.2) is 26.4 Å². The van der Waals surface area contributed by atoms with Crippen LogP contribution in [0.1, 0.15) is 22.5 Å². The number of nitrogens with zero attached hydrogens (tertiary/aromatic N) is 3. The predicted molar refractivity (Wildman–Crippen MR) is 119 cm³/mol. The van der Waals surface area contributed by atoms with Crippen molar-refractivity contribution in [3.8, 4) is 5.75 Å².